The molecule has 2 aliphatic rings. The fraction of sp³-hybridized carbons (Fsp3) is 0.542. The van der Waals surface area contributed by atoms with Gasteiger partial charge >= 0.3 is 0 Å². The standard InChI is InChI=1S/C24H35N9O/c1-3-4-21(25)30-23-22-19(29-24(26)31-23)10-28-33(22)14-16-6-5-15(7-20(16)34-2)11-32-12-17-8-27-9-18(17)13-32/h5-7,10,17-18,21,27H,3-4,8-9,11-14,25H2,1-2H3,(H3,26,29,30,31). The van der Waals surface area contributed by atoms with E-state index in [1.807, 2.05) is 4.68 Å². The van der Waals surface area contributed by atoms with Gasteiger partial charge in [-0.25, -0.2) is 4.98 Å². The van der Waals surface area contributed by atoms with Crippen LogP contribution in [0.4, 0.5) is 11.8 Å². The van der Waals surface area contributed by atoms with Gasteiger partial charge in [0.25, 0.3) is 0 Å². The summed E-state index contributed by atoms with van der Waals surface area (Å²) in [6, 6.07) is 6.48. The number of ether oxygens (including phenoxy) is 1. The van der Waals surface area contributed by atoms with Crippen LogP contribution < -0.4 is 26.8 Å². The second-order valence-electron chi connectivity index (χ2n) is 9.52. The first-order valence-corrected chi connectivity index (χ1v) is 12.1. The zero-order valence-corrected chi connectivity index (χ0v) is 20.0. The minimum atomic E-state index is -0.222. The summed E-state index contributed by atoms with van der Waals surface area (Å²) in [4.78, 5) is 11.3. The molecule has 3 unspecified atom stereocenters. The number of likely N-dealkylation sites (tertiary alicyclic amines) is 1. The molecule has 2 fully saturated rings. The highest BCUT2D eigenvalue weighted by Gasteiger charge is 2.35. The molecule has 5 rings (SSSR count). The van der Waals surface area contributed by atoms with Gasteiger partial charge in [-0.1, -0.05) is 25.5 Å². The SMILES string of the molecule is CCCC(N)Nc1nc(N)nc2cnn(Cc3ccc(CN4CC5CNCC5C4)cc3OC)c12. The quantitative estimate of drug-likeness (QED) is 0.348. The summed E-state index contributed by atoms with van der Waals surface area (Å²) in [5.74, 6) is 3.24. The number of hydrogen-bond donors (Lipinski definition) is 4. The monoisotopic (exact) mass is 465 g/mol. The maximum absolute atomic E-state index is 6.22. The van der Waals surface area contributed by atoms with Gasteiger partial charge in [0.15, 0.2) is 5.82 Å². The molecular formula is C24H35N9O. The van der Waals surface area contributed by atoms with E-state index in [-0.39, 0.29) is 12.1 Å². The minimum absolute atomic E-state index is 0.196. The van der Waals surface area contributed by atoms with Crippen molar-refractivity contribution in [2.24, 2.45) is 17.6 Å². The molecule has 4 heterocycles. The Morgan fingerprint density at radius 3 is 2.74 bits per heavy atom. The summed E-state index contributed by atoms with van der Waals surface area (Å²) in [5.41, 5.74) is 15.9. The van der Waals surface area contributed by atoms with E-state index >= 15 is 0 Å². The number of methoxy groups -OCH3 is 1. The number of anilines is 2. The molecule has 0 bridgehead atoms. The number of fused-ring (bicyclic) bond motifs is 2. The van der Waals surface area contributed by atoms with Crippen LogP contribution in [0.15, 0.2) is 24.4 Å². The van der Waals surface area contributed by atoms with Gasteiger partial charge < -0.3 is 26.8 Å². The first-order chi connectivity index (χ1) is 16.5. The van der Waals surface area contributed by atoms with Crippen molar-refractivity contribution in [2.45, 2.75) is 39.0 Å². The van der Waals surface area contributed by atoms with Gasteiger partial charge in [-0.3, -0.25) is 9.58 Å². The first-order valence-electron chi connectivity index (χ1n) is 12.1. The number of rotatable bonds is 9. The van der Waals surface area contributed by atoms with Crippen LogP contribution in [0.2, 0.25) is 0 Å². The molecule has 3 atom stereocenters. The van der Waals surface area contributed by atoms with Crippen molar-refractivity contribution >= 4 is 22.8 Å². The molecule has 1 aromatic carbocycles. The summed E-state index contributed by atoms with van der Waals surface area (Å²) in [6.07, 6.45) is 3.28. The fourth-order valence-electron chi connectivity index (χ4n) is 5.32. The number of aromatic nitrogens is 4. The van der Waals surface area contributed by atoms with Crippen molar-refractivity contribution < 1.29 is 4.74 Å². The van der Waals surface area contributed by atoms with Crippen LogP contribution in [0.3, 0.4) is 0 Å². The molecule has 182 valence electrons. The second-order valence-corrected chi connectivity index (χ2v) is 9.52. The largest absolute Gasteiger partial charge is 0.496 e. The molecule has 0 spiro atoms. The van der Waals surface area contributed by atoms with Gasteiger partial charge in [0.05, 0.1) is 26.0 Å². The third kappa shape index (κ3) is 4.66. The maximum atomic E-state index is 6.22. The Labute approximate surface area is 200 Å². The van der Waals surface area contributed by atoms with E-state index in [4.69, 9.17) is 16.2 Å². The van der Waals surface area contributed by atoms with Crippen LogP contribution >= 0.6 is 0 Å². The van der Waals surface area contributed by atoms with E-state index in [0.717, 1.165) is 61.1 Å². The Hall–Kier alpha value is -2.95. The predicted molar refractivity (Wildman–Crippen MR) is 133 cm³/mol. The van der Waals surface area contributed by atoms with Crippen LogP contribution in [0.25, 0.3) is 11.0 Å². The summed E-state index contributed by atoms with van der Waals surface area (Å²) in [6.45, 7) is 8.20. The molecule has 2 saturated heterocycles. The zero-order valence-electron chi connectivity index (χ0n) is 20.0. The summed E-state index contributed by atoms with van der Waals surface area (Å²) < 4.78 is 7.65. The van der Waals surface area contributed by atoms with Crippen LogP contribution in [-0.2, 0) is 13.1 Å². The average Bonchev–Trinajstić information content (AvgIpc) is 3.50. The molecule has 2 aliphatic heterocycles. The van der Waals surface area contributed by atoms with Crippen molar-refractivity contribution in [1.29, 1.82) is 0 Å². The maximum Gasteiger partial charge on any atom is 0.222 e. The average molecular weight is 466 g/mol. The van der Waals surface area contributed by atoms with Crippen molar-refractivity contribution in [3.63, 3.8) is 0 Å². The number of benzene rings is 1. The van der Waals surface area contributed by atoms with Gasteiger partial charge in [0.1, 0.15) is 16.8 Å². The molecule has 34 heavy (non-hydrogen) atoms. The summed E-state index contributed by atoms with van der Waals surface area (Å²) in [7, 11) is 1.72. The van der Waals surface area contributed by atoms with Gasteiger partial charge in [-0.05, 0) is 43.0 Å². The first kappa shape index (κ1) is 22.8. The van der Waals surface area contributed by atoms with Crippen molar-refractivity contribution in [2.75, 3.05) is 44.3 Å². The van der Waals surface area contributed by atoms with Gasteiger partial charge in [0.2, 0.25) is 5.95 Å². The molecular weight excluding hydrogens is 430 g/mol. The molecule has 3 aromatic rings. The lowest BCUT2D eigenvalue weighted by Crippen LogP contribution is -2.30. The summed E-state index contributed by atoms with van der Waals surface area (Å²) >= 11 is 0. The zero-order chi connectivity index (χ0) is 23.7. The Morgan fingerprint density at radius 2 is 2.00 bits per heavy atom. The number of hydrogen-bond acceptors (Lipinski definition) is 9. The van der Waals surface area contributed by atoms with Gasteiger partial charge in [-0.2, -0.15) is 10.1 Å². The van der Waals surface area contributed by atoms with Gasteiger partial charge in [-0.15, -0.1) is 0 Å². The lowest BCUT2D eigenvalue weighted by molar-refractivity contribution is 0.305. The van der Waals surface area contributed by atoms with Crippen molar-refractivity contribution in [3.05, 3.63) is 35.5 Å². The Bertz CT molecular complexity index is 1130. The van der Waals surface area contributed by atoms with Crippen LogP contribution in [0.5, 0.6) is 5.75 Å². The second kappa shape index (κ2) is 9.73. The highest BCUT2D eigenvalue weighted by atomic mass is 16.5. The van der Waals surface area contributed by atoms with E-state index in [1.165, 1.54) is 18.7 Å². The smallest absolute Gasteiger partial charge is 0.222 e. The van der Waals surface area contributed by atoms with E-state index in [2.05, 4.69) is 55.7 Å². The van der Waals surface area contributed by atoms with E-state index in [1.54, 1.807) is 13.3 Å². The molecule has 10 heteroatoms. The third-order valence-electron chi connectivity index (χ3n) is 6.97. The number of nitrogens with one attached hydrogen (secondary N) is 2. The number of nitrogen functional groups attached to an aromatic ring is 1. The fourth-order valence-corrected chi connectivity index (χ4v) is 5.32. The van der Waals surface area contributed by atoms with Crippen LogP contribution in [0.1, 0.15) is 30.9 Å². The van der Waals surface area contributed by atoms with Crippen molar-refractivity contribution in [3.8, 4) is 5.75 Å². The lowest BCUT2D eigenvalue weighted by Gasteiger charge is -2.19. The highest BCUT2D eigenvalue weighted by molar-refractivity contribution is 5.86. The number of nitrogens with two attached hydrogens (primary N) is 2. The van der Waals surface area contributed by atoms with Crippen molar-refractivity contribution in [1.82, 2.24) is 30.0 Å². The normalized spacial score (nSPS) is 21.1. The Morgan fingerprint density at radius 1 is 1.21 bits per heavy atom. The molecule has 0 radical (unpaired) electrons. The molecule has 6 N–H and O–H groups in total. The molecule has 0 saturated carbocycles. The number of nitrogens with zero attached hydrogens (tertiary/aromatic N) is 5. The van der Waals surface area contributed by atoms with Crippen LogP contribution in [-0.4, -0.2) is 64.1 Å². The minimum Gasteiger partial charge on any atom is -0.496 e. The predicted octanol–water partition coefficient (Wildman–Crippen LogP) is 1.61. The van der Waals surface area contributed by atoms with Crippen LogP contribution in [0, 0.1) is 11.8 Å². The highest BCUT2D eigenvalue weighted by Crippen LogP contribution is 2.30. The Kier molecular flexibility index (Phi) is 6.53. The lowest BCUT2D eigenvalue weighted by atomic mass is 10.0. The third-order valence-corrected chi connectivity index (χ3v) is 6.97. The van der Waals surface area contributed by atoms with E-state index in [0.29, 0.717) is 17.9 Å². The molecule has 0 amide bonds. The Balaban J connectivity index is 1.37. The summed E-state index contributed by atoms with van der Waals surface area (Å²) in [5, 5.41) is 11.4. The van der Waals surface area contributed by atoms with Gasteiger partial charge in [0, 0.05) is 25.2 Å². The molecule has 2 aromatic heterocycles. The molecule has 0 aliphatic carbocycles. The topological polar surface area (TPSA) is 132 Å². The van der Waals surface area contributed by atoms with E-state index in [9.17, 15) is 0 Å². The molecule has 10 nitrogen and oxygen atoms in total. The van der Waals surface area contributed by atoms with E-state index < -0.39 is 0 Å².